The van der Waals surface area contributed by atoms with Gasteiger partial charge in [0.25, 0.3) is 5.56 Å². The Hall–Kier alpha value is -6.50. The molecule has 0 aliphatic rings. The van der Waals surface area contributed by atoms with E-state index in [1.54, 1.807) is 15.7 Å². The lowest BCUT2D eigenvalue weighted by molar-refractivity contribution is 1.17. The molecular weight excluding hydrogens is 633 g/mol. The number of hydrogen-bond acceptors (Lipinski definition) is 3. The van der Waals surface area contributed by atoms with Crippen molar-refractivity contribution < 1.29 is 0 Å². The third-order valence-corrected chi connectivity index (χ3v) is 11.1. The molecular formula is C44H26N4OS. The fourth-order valence-corrected chi connectivity index (χ4v) is 8.85. The van der Waals surface area contributed by atoms with Crippen molar-refractivity contribution in [3.05, 3.63) is 168 Å². The molecule has 0 saturated heterocycles. The van der Waals surface area contributed by atoms with Crippen molar-refractivity contribution in [2.75, 3.05) is 0 Å². The maximum Gasteiger partial charge on any atom is 0.266 e. The maximum atomic E-state index is 13.8. The van der Waals surface area contributed by atoms with Crippen LogP contribution < -0.4 is 5.56 Å². The molecule has 0 aliphatic heterocycles. The summed E-state index contributed by atoms with van der Waals surface area (Å²) >= 11 is 1.55. The van der Waals surface area contributed by atoms with E-state index in [2.05, 4.69) is 137 Å². The second-order valence-electron chi connectivity index (χ2n) is 12.8. The molecule has 4 heterocycles. The van der Waals surface area contributed by atoms with Crippen LogP contribution in [0.3, 0.4) is 0 Å². The highest BCUT2D eigenvalue weighted by molar-refractivity contribution is 7.23. The zero-order chi connectivity index (χ0) is 32.9. The van der Waals surface area contributed by atoms with Crippen LogP contribution in [0.4, 0.5) is 0 Å². The van der Waals surface area contributed by atoms with Crippen LogP contribution in [-0.2, 0) is 0 Å². The summed E-state index contributed by atoms with van der Waals surface area (Å²) in [4.78, 5) is 19.5. The van der Waals surface area contributed by atoms with E-state index in [1.165, 1.54) is 21.8 Å². The Balaban J connectivity index is 1.18. The van der Waals surface area contributed by atoms with Crippen molar-refractivity contribution >= 4 is 81.0 Å². The molecule has 0 spiro atoms. The predicted molar refractivity (Wildman–Crippen MR) is 208 cm³/mol. The Kier molecular flexibility index (Phi) is 5.63. The molecule has 4 aromatic heterocycles. The fraction of sp³-hybridized carbons (Fsp3) is 0. The molecule has 0 radical (unpaired) electrons. The zero-order valence-corrected chi connectivity index (χ0v) is 27.4. The van der Waals surface area contributed by atoms with Crippen LogP contribution in [0.15, 0.2) is 163 Å². The molecule has 0 fully saturated rings. The molecule has 50 heavy (non-hydrogen) atoms. The summed E-state index contributed by atoms with van der Waals surface area (Å²) in [5, 5.41) is 5.41. The first-order chi connectivity index (χ1) is 24.7. The second-order valence-corrected chi connectivity index (χ2v) is 13.8. The number of para-hydroxylation sites is 3. The van der Waals surface area contributed by atoms with Crippen molar-refractivity contribution in [2.45, 2.75) is 0 Å². The number of imidazole rings is 1. The molecule has 5 nitrogen and oxygen atoms in total. The number of nitrogens with zero attached hydrogens (tertiary/aromatic N) is 4. The van der Waals surface area contributed by atoms with E-state index in [-0.39, 0.29) is 5.56 Å². The van der Waals surface area contributed by atoms with E-state index < -0.39 is 0 Å². The molecule has 7 aromatic carbocycles. The quantitative estimate of drug-likeness (QED) is 0.190. The average Bonchev–Trinajstić information content (AvgIpc) is 3.81. The van der Waals surface area contributed by atoms with Crippen LogP contribution in [0.25, 0.3) is 92.2 Å². The number of benzene rings is 7. The van der Waals surface area contributed by atoms with Gasteiger partial charge in [0, 0.05) is 37.6 Å². The van der Waals surface area contributed by atoms with Gasteiger partial charge in [0.05, 0.1) is 38.5 Å². The van der Waals surface area contributed by atoms with Crippen LogP contribution in [0.2, 0.25) is 0 Å². The Bertz CT molecular complexity index is 3220. The summed E-state index contributed by atoms with van der Waals surface area (Å²) in [7, 11) is 0. The smallest absolute Gasteiger partial charge is 0.266 e. The van der Waals surface area contributed by atoms with Crippen molar-refractivity contribution in [3.63, 3.8) is 0 Å². The van der Waals surface area contributed by atoms with Crippen LogP contribution in [-0.4, -0.2) is 18.5 Å². The zero-order valence-electron chi connectivity index (χ0n) is 26.6. The number of aromatic nitrogens is 4. The molecule has 0 saturated carbocycles. The standard InChI is InChI=1S/C44H26N4OS/c49-43-32-16-8-10-18-42(32)50-44-45-36-25-35-34-24-28(20-22-39(34)47(30-13-5-2-6-14-30)40(35)26-41(36)48(43)44)27-19-21-38-33(23-27)31-15-7-9-17-37(31)46(38)29-11-3-1-4-12-29/h1-26H. The molecule has 0 bridgehead atoms. The third-order valence-electron chi connectivity index (χ3n) is 10.1. The van der Waals surface area contributed by atoms with Gasteiger partial charge in [-0.3, -0.25) is 4.79 Å². The highest BCUT2D eigenvalue weighted by Crippen LogP contribution is 2.39. The monoisotopic (exact) mass is 658 g/mol. The normalized spacial score (nSPS) is 12.1. The number of fused-ring (bicyclic) bond motifs is 10. The highest BCUT2D eigenvalue weighted by atomic mass is 32.1. The first kappa shape index (κ1) is 27.5. The van der Waals surface area contributed by atoms with E-state index in [0.717, 1.165) is 60.0 Å². The third kappa shape index (κ3) is 3.82. The summed E-state index contributed by atoms with van der Waals surface area (Å²) in [6.45, 7) is 0. The van der Waals surface area contributed by atoms with Gasteiger partial charge in [0.1, 0.15) is 0 Å². The molecule has 6 heteroatoms. The lowest BCUT2D eigenvalue weighted by Gasteiger charge is -2.09. The van der Waals surface area contributed by atoms with Gasteiger partial charge < -0.3 is 9.13 Å². The molecule has 0 atom stereocenters. The predicted octanol–water partition coefficient (Wildman–Crippen LogP) is 10.9. The highest BCUT2D eigenvalue weighted by Gasteiger charge is 2.19. The Labute approximate surface area is 289 Å². The summed E-state index contributed by atoms with van der Waals surface area (Å²) in [6.07, 6.45) is 0. The fourth-order valence-electron chi connectivity index (χ4n) is 7.83. The lowest BCUT2D eigenvalue weighted by atomic mass is 10.0. The molecule has 0 N–H and O–H groups in total. The largest absolute Gasteiger partial charge is 0.309 e. The van der Waals surface area contributed by atoms with Gasteiger partial charge in [-0.15, -0.1) is 0 Å². The van der Waals surface area contributed by atoms with Crippen LogP contribution >= 0.6 is 11.3 Å². The summed E-state index contributed by atoms with van der Waals surface area (Å²) in [5.41, 5.74) is 10.6. The van der Waals surface area contributed by atoms with E-state index in [0.29, 0.717) is 10.3 Å². The molecule has 11 rings (SSSR count). The van der Waals surface area contributed by atoms with Crippen molar-refractivity contribution in [2.24, 2.45) is 0 Å². The van der Waals surface area contributed by atoms with Crippen LogP contribution in [0.1, 0.15) is 0 Å². The van der Waals surface area contributed by atoms with Crippen molar-refractivity contribution in [3.8, 4) is 22.5 Å². The summed E-state index contributed by atoms with van der Waals surface area (Å²) < 4.78 is 7.38. The summed E-state index contributed by atoms with van der Waals surface area (Å²) in [6, 6.07) is 55.3. The van der Waals surface area contributed by atoms with Crippen molar-refractivity contribution in [1.29, 1.82) is 0 Å². The SMILES string of the molecule is O=c1c2ccccc2sc2nc3cc4c5cc(-c6ccc7c(c6)c6ccccc6n7-c6ccccc6)ccc5n(-c5ccccc5)c4cc3n12. The average molecular weight is 659 g/mol. The minimum Gasteiger partial charge on any atom is -0.309 e. The lowest BCUT2D eigenvalue weighted by Crippen LogP contribution is -2.11. The van der Waals surface area contributed by atoms with E-state index >= 15 is 0 Å². The van der Waals surface area contributed by atoms with Gasteiger partial charge in [-0.2, -0.15) is 0 Å². The molecule has 0 unspecified atom stereocenters. The summed E-state index contributed by atoms with van der Waals surface area (Å²) in [5.74, 6) is 0. The Morgan fingerprint density at radius 3 is 1.68 bits per heavy atom. The topological polar surface area (TPSA) is 44.2 Å². The van der Waals surface area contributed by atoms with E-state index in [9.17, 15) is 4.79 Å². The van der Waals surface area contributed by atoms with Gasteiger partial charge in [0.15, 0.2) is 4.96 Å². The minimum atomic E-state index is -0.0372. The Morgan fingerprint density at radius 2 is 0.980 bits per heavy atom. The molecule has 0 amide bonds. The van der Waals surface area contributed by atoms with Crippen molar-refractivity contribution in [1.82, 2.24) is 18.5 Å². The van der Waals surface area contributed by atoms with Gasteiger partial charge in [-0.05, 0) is 90.0 Å². The molecule has 0 aliphatic carbocycles. The molecule has 234 valence electrons. The minimum absolute atomic E-state index is 0.0372. The van der Waals surface area contributed by atoms with E-state index in [4.69, 9.17) is 4.98 Å². The van der Waals surface area contributed by atoms with Crippen LogP contribution in [0.5, 0.6) is 0 Å². The molecule has 11 aromatic rings. The maximum absolute atomic E-state index is 13.8. The first-order valence-electron chi connectivity index (χ1n) is 16.7. The van der Waals surface area contributed by atoms with Crippen LogP contribution in [0, 0.1) is 0 Å². The van der Waals surface area contributed by atoms with Gasteiger partial charge in [0.2, 0.25) is 0 Å². The Morgan fingerprint density at radius 1 is 0.440 bits per heavy atom. The van der Waals surface area contributed by atoms with Gasteiger partial charge >= 0.3 is 0 Å². The van der Waals surface area contributed by atoms with Gasteiger partial charge in [-0.1, -0.05) is 90.2 Å². The number of rotatable bonds is 3. The second kappa shape index (κ2) is 10.3. The van der Waals surface area contributed by atoms with E-state index in [1.807, 2.05) is 30.3 Å². The van der Waals surface area contributed by atoms with Gasteiger partial charge in [-0.25, -0.2) is 9.38 Å². The first-order valence-corrected chi connectivity index (χ1v) is 17.5. The number of hydrogen-bond donors (Lipinski definition) is 0.